The summed E-state index contributed by atoms with van der Waals surface area (Å²) in [7, 11) is 1.75. The maximum atomic E-state index is 13.1. The summed E-state index contributed by atoms with van der Waals surface area (Å²) < 4.78 is 1.62. The lowest BCUT2D eigenvalue weighted by Gasteiger charge is -2.13. The molecular formula is C25H20N4O2. The number of rotatable bonds is 3. The average molecular weight is 408 g/mol. The SMILES string of the molecule is Cc1cc2c(cn1)cc(-c1cc(NC(=O)c3cccc(C#N)c3)ccc1C)c(=O)n2C. The zero-order valence-corrected chi connectivity index (χ0v) is 17.4. The molecule has 0 aliphatic heterocycles. The zero-order valence-electron chi connectivity index (χ0n) is 17.4. The summed E-state index contributed by atoms with van der Waals surface area (Å²) in [5.74, 6) is -0.321. The van der Waals surface area contributed by atoms with Crippen LogP contribution in [0.15, 0.2) is 65.6 Å². The van der Waals surface area contributed by atoms with Crippen molar-refractivity contribution in [3.05, 3.63) is 93.5 Å². The standard InChI is InChI=1S/C25H20N4O2/c1-15-7-8-20(28-24(30)18-6-4-5-17(10-18)13-26)12-21(15)22-11-19-14-27-16(2)9-23(19)29(3)25(22)31/h4-12,14H,1-3H3,(H,28,30). The molecule has 0 atom stereocenters. The Bertz CT molecular complexity index is 1440. The van der Waals surface area contributed by atoms with Crippen molar-refractivity contribution in [1.82, 2.24) is 9.55 Å². The molecule has 0 fully saturated rings. The molecule has 0 aliphatic rings. The van der Waals surface area contributed by atoms with Gasteiger partial charge in [0, 0.05) is 41.1 Å². The van der Waals surface area contributed by atoms with Crippen LogP contribution in [0.1, 0.15) is 27.2 Å². The first-order valence-corrected chi connectivity index (χ1v) is 9.76. The van der Waals surface area contributed by atoms with Crippen LogP contribution in [0.4, 0.5) is 5.69 Å². The summed E-state index contributed by atoms with van der Waals surface area (Å²) in [4.78, 5) is 30.1. The molecule has 0 unspecified atom stereocenters. The van der Waals surface area contributed by atoms with Crippen LogP contribution < -0.4 is 10.9 Å². The summed E-state index contributed by atoms with van der Waals surface area (Å²) in [6, 6.07) is 17.7. The van der Waals surface area contributed by atoms with Crippen LogP contribution in [0.3, 0.4) is 0 Å². The fraction of sp³-hybridized carbons (Fsp3) is 0.120. The van der Waals surface area contributed by atoms with Crippen LogP contribution in [0, 0.1) is 25.2 Å². The number of benzene rings is 2. The second-order valence-electron chi connectivity index (χ2n) is 7.48. The second kappa shape index (κ2) is 7.88. The third-order valence-electron chi connectivity index (χ3n) is 5.28. The fourth-order valence-electron chi connectivity index (χ4n) is 3.58. The maximum Gasteiger partial charge on any atom is 0.258 e. The van der Waals surface area contributed by atoms with Gasteiger partial charge < -0.3 is 9.88 Å². The number of carbonyl (C=O) groups is 1. The van der Waals surface area contributed by atoms with E-state index >= 15 is 0 Å². The molecule has 0 radical (unpaired) electrons. The number of nitrogens with zero attached hydrogens (tertiary/aromatic N) is 3. The third-order valence-corrected chi connectivity index (χ3v) is 5.28. The predicted molar refractivity (Wildman–Crippen MR) is 121 cm³/mol. The molecule has 152 valence electrons. The Hall–Kier alpha value is -4.24. The Morgan fingerprint density at radius 2 is 1.87 bits per heavy atom. The Balaban J connectivity index is 1.76. The number of nitrogens with one attached hydrogen (secondary N) is 1. The zero-order chi connectivity index (χ0) is 22.1. The van der Waals surface area contributed by atoms with Gasteiger partial charge in [0.2, 0.25) is 0 Å². The summed E-state index contributed by atoms with van der Waals surface area (Å²) in [5.41, 5.74) is 5.12. The van der Waals surface area contributed by atoms with Gasteiger partial charge in [-0.3, -0.25) is 14.6 Å². The molecule has 0 saturated heterocycles. The van der Waals surface area contributed by atoms with E-state index in [1.165, 1.54) is 0 Å². The van der Waals surface area contributed by atoms with Gasteiger partial charge in [-0.25, -0.2) is 0 Å². The number of hydrogen-bond donors (Lipinski definition) is 1. The molecule has 1 amide bonds. The van der Waals surface area contributed by atoms with Crippen LogP contribution >= 0.6 is 0 Å². The van der Waals surface area contributed by atoms with Gasteiger partial charge in [-0.2, -0.15) is 5.26 Å². The van der Waals surface area contributed by atoms with Gasteiger partial charge in [0.1, 0.15) is 0 Å². The number of amides is 1. The highest BCUT2D eigenvalue weighted by Crippen LogP contribution is 2.27. The molecule has 31 heavy (non-hydrogen) atoms. The monoisotopic (exact) mass is 408 g/mol. The second-order valence-corrected chi connectivity index (χ2v) is 7.48. The lowest BCUT2D eigenvalue weighted by Crippen LogP contribution is -2.19. The largest absolute Gasteiger partial charge is 0.322 e. The van der Waals surface area contributed by atoms with Gasteiger partial charge in [0.25, 0.3) is 11.5 Å². The van der Waals surface area contributed by atoms with Gasteiger partial charge in [0.05, 0.1) is 17.1 Å². The molecular weight excluding hydrogens is 388 g/mol. The number of fused-ring (bicyclic) bond motifs is 1. The van der Waals surface area contributed by atoms with Crippen LogP contribution in [0.2, 0.25) is 0 Å². The molecule has 0 aliphatic carbocycles. The fourth-order valence-corrected chi connectivity index (χ4v) is 3.58. The van der Waals surface area contributed by atoms with Crippen molar-refractivity contribution >= 4 is 22.5 Å². The Morgan fingerprint density at radius 3 is 2.65 bits per heavy atom. The van der Waals surface area contributed by atoms with Gasteiger partial charge in [-0.1, -0.05) is 12.1 Å². The van der Waals surface area contributed by atoms with E-state index in [2.05, 4.69) is 10.3 Å². The maximum absolute atomic E-state index is 13.1. The summed E-state index contributed by atoms with van der Waals surface area (Å²) in [6.45, 7) is 3.81. The Morgan fingerprint density at radius 1 is 1.06 bits per heavy atom. The molecule has 1 N–H and O–H groups in total. The van der Waals surface area contributed by atoms with Crippen molar-refractivity contribution < 1.29 is 4.79 Å². The first kappa shape index (κ1) is 20.0. The van der Waals surface area contributed by atoms with Gasteiger partial charge in [-0.05, 0) is 67.4 Å². The van der Waals surface area contributed by atoms with E-state index in [1.807, 2.05) is 38.1 Å². The lowest BCUT2D eigenvalue weighted by molar-refractivity contribution is 0.102. The molecule has 6 nitrogen and oxygen atoms in total. The molecule has 4 rings (SSSR count). The predicted octanol–water partition coefficient (Wildman–Crippen LogP) is 4.34. The minimum absolute atomic E-state index is 0.119. The van der Waals surface area contributed by atoms with Crippen molar-refractivity contribution in [3.63, 3.8) is 0 Å². The number of nitriles is 1. The van der Waals surface area contributed by atoms with Crippen molar-refractivity contribution in [2.45, 2.75) is 13.8 Å². The van der Waals surface area contributed by atoms with E-state index in [9.17, 15) is 9.59 Å². The highest BCUT2D eigenvalue weighted by molar-refractivity contribution is 6.04. The third kappa shape index (κ3) is 3.81. The first-order chi connectivity index (χ1) is 14.9. The minimum Gasteiger partial charge on any atom is -0.322 e. The summed E-state index contributed by atoms with van der Waals surface area (Å²) in [5, 5.41) is 12.8. The van der Waals surface area contributed by atoms with Crippen molar-refractivity contribution in [3.8, 4) is 17.2 Å². The van der Waals surface area contributed by atoms with E-state index in [-0.39, 0.29) is 11.5 Å². The number of aryl methyl sites for hydroxylation is 3. The van der Waals surface area contributed by atoms with Crippen LogP contribution in [0.25, 0.3) is 22.0 Å². The normalized spacial score (nSPS) is 10.6. The van der Waals surface area contributed by atoms with E-state index in [4.69, 9.17) is 5.26 Å². The number of hydrogen-bond acceptors (Lipinski definition) is 4. The van der Waals surface area contributed by atoms with Crippen molar-refractivity contribution in [1.29, 1.82) is 5.26 Å². The average Bonchev–Trinajstić information content (AvgIpc) is 2.78. The Kier molecular flexibility index (Phi) is 5.10. The van der Waals surface area contributed by atoms with Gasteiger partial charge in [-0.15, -0.1) is 0 Å². The number of pyridine rings is 2. The van der Waals surface area contributed by atoms with Crippen LogP contribution in [0.5, 0.6) is 0 Å². The number of aromatic nitrogens is 2. The topological polar surface area (TPSA) is 87.8 Å². The molecule has 6 heteroatoms. The van der Waals surface area contributed by atoms with Crippen molar-refractivity contribution in [2.24, 2.45) is 7.05 Å². The van der Waals surface area contributed by atoms with Gasteiger partial charge >= 0.3 is 0 Å². The molecule has 0 saturated carbocycles. The quantitative estimate of drug-likeness (QED) is 0.546. The van der Waals surface area contributed by atoms with E-state index < -0.39 is 0 Å². The molecule has 4 aromatic rings. The summed E-state index contributed by atoms with van der Waals surface area (Å²) >= 11 is 0. The molecule has 2 aromatic carbocycles. The van der Waals surface area contributed by atoms with E-state index in [0.29, 0.717) is 22.4 Å². The smallest absolute Gasteiger partial charge is 0.258 e. The minimum atomic E-state index is -0.321. The van der Waals surface area contributed by atoms with E-state index in [1.54, 1.807) is 54.2 Å². The molecule has 0 spiro atoms. The molecule has 2 aromatic heterocycles. The first-order valence-electron chi connectivity index (χ1n) is 9.76. The van der Waals surface area contributed by atoms with Crippen molar-refractivity contribution in [2.75, 3.05) is 5.32 Å². The van der Waals surface area contributed by atoms with Gasteiger partial charge in [0.15, 0.2) is 0 Å². The summed E-state index contributed by atoms with van der Waals surface area (Å²) in [6.07, 6.45) is 1.76. The molecule has 0 bridgehead atoms. The van der Waals surface area contributed by atoms with Crippen LogP contribution in [-0.2, 0) is 7.05 Å². The number of carbonyl (C=O) groups excluding carboxylic acids is 1. The molecule has 2 heterocycles. The highest BCUT2D eigenvalue weighted by atomic mass is 16.1. The van der Waals surface area contributed by atoms with Crippen LogP contribution in [-0.4, -0.2) is 15.5 Å². The van der Waals surface area contributed by atoms with E-state index in [0.717, 1.165) is 27.7 Å². The lowest BCUT2D eigenvalue weighted by atomic mass is 9.99. The number of anilines is 1. The Labute approximate surface area is 179 Å². The highest BCUT2D eigenvalue weighted by Gasteiger charge is 2.14.